The summed E-state index contributed by atoms with van der Waals surface area (Å²) in [6.45, 7) is 5.08. The fraction of sp³-hybridized carbons (Fsp3) is 0.700. The van der Waals surface area contributed by atoms with Crippen molar-refractivity contribution in [3.8, 4) is 11.5 Å². The third-order valence-electron chi connectivity index (χ3n) is 4.14. The average molecular weight is 306 g/mol. The monoisotopic (exact) mass is 306 g/mol. The van der Waals surface area contributed by atoms with Gasteiger partial charge in [0.05, 0.1) is 6.61 Å². The Hall–Kier alpha value is -1.18. The number of hydrogen-bond donors (Lipinski definition) is 1. The lowest BCUT2D eigenvalue weighted by atomic mass is 10.0. The zero-order chi connectivity index (χ0) is 16.0. The van der Waals surface area contributed by atoms with Crippen LogP contribution in [0, 0.1) is 0 Å². The smallest absolute Gasteiger partial charge is 0.161 e. The quantitative estimate of drug-likeness (QED) is 0.436. The van der Waals surface area contributed by atoms with Gasteiger partial charge in [-0.05, 0) is 30.9 Å². The normalized spacial score (nSPS) is 10.8. The van der Waals surface area contributed by atoms with Gasteiger partial charge in [-0.1, -0.05) is 77.3 Å². The molecule has 0 atom stereocenters. The van der Waals surface area contributed by atoms with Gasteiger partial charge in [-0.2, -0.15) is 0 Å². The summed E-state index contributed by atoms with van der Waals surface area (Å²) in [5, 5.41) is 10.3. The second kappa shape index (κ2) is 12.4. The highest BCUT2D eigenvalue weighted by molar-refractivity contribution is 5.45. The van der Waals surface area contributed by atoms with Crippen molar-refractivity contribution >= 4 is 0 Å². The van der Waals surface area contributed by atoms with Crippen LogP contribution in [0.4, 0.5) is 0 Å². The lowest BCUT2D eigenvalue weighted by molar-refractivity contribution is 0.291. The first-order valence-corrected chi connectivity index (χ1v) is 9.23. The molecule has 0 spiro atoms. The molecule has 0 bridgehead atoms. The number of benzene rings is 1. The first-order valence-electron chi connectivity index (χ1n) is 9.23. The molecule has 1 aromatic rings. The van der Waals surface area contributed by atoms with E-state index in [-0.39, 0.29) is 0 Å². The molecule has 0 aliphatic rings. The van der Waals surface area contributed by atoms with E-state index in [1.807, 2.05) is 18.2 Å². The lowest BCUT2D eigenvalue weighted by Crippen LogP contribution is -1.98. The highest BCUT2D eigenvalue weighted by atomic mass is 16.5. The van der Waals surface area contributed by atoms with Crippen LogP contribution < -0.4 is 4.74 Å². The third kappa shape index (κ3) is 7.72. The predicted octanol–water partition coefficient (Wildman–Crippen LogP) is 6.25. The number of rotatable bonds is 13. The van der Waals surface area contributed by atoms with Crippen LogP contribution >= 0.6 is 0 Å². The third-order valence-corrected chi connectivity index (χ3v) is 4.14. The van der Waals surface area contributed by atoms with E-state index in [1.54, 1.807) is 0 Å². The SMILES string of the molecule is CCCCCCCCCCc1cccc(OCCCC)c1O. The maximum atomic E-state index is 10.3. The molecule has 1 aromatic carbocycles. The zero-order valence-electron chi connectivity index (χ0n) is 14.6. The first-order chi connectivity index (χ1) is 10.8. The van der Waals surface area contributed by atoms with E-state index in [2.05, 4.69) is 13.8 Å². The van der Waals surface area contributed by atoms with Crippen LogP contribution in [-0.4, -0.2) is 11.7 Å². The summed E-state index contributed by atoms with van der Waals surface area (Å²) in [7, 11) is 0. The molecule has 1 N–H and O–H groups in total. The Morgan fingerprint density at radius 2 is 1.45 bits per heavy atom. The van der Waals surface area contributed by atoms with Crippen molar-refractivity contribution in [3.05, 3.63) is 23.8 Å². The number of hydrogen-bond acceptors (Lipinski definition) is 2. The molecule has 2 heteroatoms. The summed E-state index contributed by atoms with van der Waals surface area (Å²) in [6.07, 6.45) is 13.6. The minimum atomic E-state index is 0.349. The van der Waals surface area contributed by atoms with E-state index < -0.39 is 0 Å². The van der Waals surface area contributed by atoms with Gasteiger partial charge >= 0.3 is 0 Å². The summed E-state index contributed by atoms with van der Waals surface area (Å²) < 4.78 is 5.65. The van der Waals surface area contributed by atoms with Crippen molar-refractivity contribution in [1.82, 2.24) is 0 Å². The van der Waals surface area contributed by atoms with Crippen LogP contribution in [0.5, 0.6) is 11.5 Å². The van der Waals surface area contributed by atoms with Gasteiger partial charge in [0, 0.05) is 0 Å². The number of ether oxygens (including phenoxy) is 1. The van der Waals surface area contributed by atoms with Gasteiger partial charge in [-0.25, -0.2) is 0 Å². The summed E-state index contributed by atoms with van der Waals surface area (Å²) in [6, 6.07) is 5.87. The van der Waals surface area contributed by atoms with Crippen molar-refractivity contribution in [3.63, 3.8) is 0 Å². The van der Waals surface area contributed by atoms with Crippen molar-refractivity contribution in [1.29, 1.82) is 0 Å². The van der Waals surface area contributed by atoms with Crippen LogP contribution in [0.15, 0.2) is 18.2 Å². The van der Waals surface area contributed by atoms with E-state index in [9.17, 15) is 5.11 Å². The molecule has 0 amide bonds. The molecular weight excluding hydrogens is 272 g/mol. The summed E-state index contributed by atoms with van der Waals surface area (Å²) >= 11 is 0. The van der Waals surface area contributed by atoms with E-state index in [0.29, 0.717) is 18.1 Å². The molecule has 0 radical (unpaired) electrons. The Balaban J connectivity index is 2.23. The van der Waals surface area contributed by atoms with Crippen molar-refractivity contribution < 1.29 is 9.84 Å². The van der Waals surface area contributed by atoms with Crippen molar-refractivity contribution in [2.75, 3.05) is 6.61 Å². The maximum Gasteiger partial charge on any atom is 0.161 e. The van der Waals surface area contributed by atoms with Gasteiger partial charge in [-0.3, -0.25) is 0 Å². The minimum absolute atomic E-state index is 0.349. The Kier molecular flexibility index (Phi) is 10.6. The number of aryl methyl sites for hydroxylation is 1. The Morgan fingerprint density at radius 3 is 2.14 bits per heavy atom. The van der Waals surface area contributed by atoms with Crippen molar-refractivity contribution in [2.24, 2.45) is 0 Å². The van der Waals surface area contributed by atoms with Gasteiger partial charge in [0.15, 0.2) is 11.5 Å². The van der Waals surface area contributed by atoms with Gasteiger partial charge in [0.25, 0.3) is 0 Å². The summed E-state index contributed by atoms with van der Waals surface area (Å²) in [4.78, 5) is 0. The molecule has 22 heavy (non-hydrogen) atoms. The number of unbranched alkanes of at least 4 members (excludes halogenated alkanes) is 8. The Bertz CT molecular complexity index is 387. The van der Waals surface area contributed by atoms with Crippen LogP contribution in [0.3, 0.4) is 0 Å². The fourth-order valence-electron chi connectivity index (χ4n) is 2.66. The number of aromatic hydroxyl groups is 1. The lowest BCUT2D eigenvalue weighted by Gasteiger charge is -2.11. The molecule has 0 aliphatic carbocycles. The molecule has 0 fully saturated rings. The Morgan fingerprint density at radius 1 is 0.818 bits per heavy atom. The van der Waals surface area contributed by atoms with Gasteiger partial charge in [0.1, 0.15) is 0 Å². The Labute approximate surface area is 136 Å². The molecule has 0 unspecified atom stereocenters. The molecule has 0 heterocycles. The topological polar surface area (TPSA) is 29.5 Å². The maximum absolute atomic E-state index is 10.3. The highest BCUT2D eigenvalue weighted by Gasteiger charge is 2.07. The fourth-order valence-corrected chi connectivity index (χ4v) is 2.66. The van der Waals surface area contributed by atoms with Crippen LogP contribution in [0.1, 0.15) is 83.6 Å². The van der Waals surface area contributed by atoms with Gasteiger partial charge in [0.2, 0.25) is 0 Å². The average Bonchev–Trinajstić information content (AvgIpc) is 2.53. The number of para-hydroxylation sites is 1. The second-order valence-corrected chi connectivity index (χ2v) is 6.19. The molecule has 2 nitrogen and oxygen atoms in total. The van der Waals surface area contributed by atoms with Crippen LogP contribution in [0.2, 0.25) is 0 Å². The largest absolute Gasteiger partial charge is 0.504 e. The van der Waals surface area contributed by atoms with E-state index >= 15 is 0 Å². The molecule has 0 saturated carbocycles. The van der Waals surface area contributed by atoms with Crippen LogP contribution in [-0.2, 0) is 6.42 Å². The minimum Gasteiger partial charge on any atom is -0.504 e. The highest BCUT2D eigenvalue weighted by Crippen LogP contribution is 2.31. The molecule has 0 aliphatic heterocycles. The van der Waals surface area contributed by atoms with E-state index in [4.69, 9.17) is 4.74 Å². The van der Waals surface area contributed by atoms with Crippen molar-refractivity contribution in [2.45, 2.75) is 84.5 Å². The summed E-state index contributed by atoms with van der Waals surface area (Å²) in [5.41, 5.74) is 1.03. The second-order valence-electron chi connectivity index (χ2n) is 6.19. The molecular formula is C20H34O2. The summed E-state index contributed by atoms with van der Waals surface area (Å²) in [5.74, 6) is 0.993. The first kappa shape index (κ1) is 18.9. The number of phenolic OH excluding ortho intramolecular Hbond substituents is 1. The molecule has 0 saturated heterocycles. The van der Waals surface area contributed by atoms with E-state index in [1.165, 1.54) is 44.9 Å². The van der Waals surface area contributed by atoms with E-state index in [0.717, 1.165) is 31.2 Å². The van der Waals surface area contributed by atoms with Gasteiger partial charge in [-0.15, -0.1) is 0 Å². The molecule has 1 rings (SSSR count). The number of phenols is 1. The molecule has 126 valence electrons. The van der Waals surface area contributed by atoms with Gasteiger partial charge < -0.3 is 9.84 Å². The standard InChI is InChI=1S/C20H34O2/c1-3-5-7-8-9-10-11-12-14-18-15-13-16-19(20(18)21)22-17-6-4-2/h13,15-16,21H,3-12,14,17H2,1-2H3. The predicted molar refractivity (Wildman–Crippen MR) is 94.8 cm³/mol. The zero-order valence-corrected chi connectivity index (χ0v) is 14.6. The van der Waals surface area contributed by atoms with Crippen LogP contribution in [0.25, 0.3) is 0 Å². The molecule has 0 aromatic heterocycles.